The lowest BCUT2D eigenvalue weighted by atomic mass is 10.0. The maximum absolute atomic E-state index is 16.3. The van der Waals surface area contributed by atoms with E-state index in [0.717, 1.165) is 6.20 Å². The maximum atomic E-state index is 16.3. The molecule has 3 aromatic rings. The molecule has 4 N–H and O–H groups in total. The first-order valence-corrected chi connectivity index (χ1v) is 12.9. The van der Waals surface area contributed by atoms with Gasteiger partial charge in [0, 0.05) is 62.4 Å². The quantitative estimate of drug-likeness (QED) is 0.389. The predicted octanol–water partition coefficient (Wildman–Crippen LogP) is 2.43. The van der Waals surface area contributed by atoms with Crippen molar-refractivity contribution in [1.29, 1.82) is 0 Å². The van der Waals surface area contributed by atoms with Crippen LogP contribution in [-0.2, 0) is 5.54 Å². The smallest absolute Gasteiger partial charge is 0.341 e. The highest BCUT2D eigenvalue weighted by atomic mass is 19.1. The van der Waals surface area contributed by atoms with Gasteiger partial charge in [0.25, 0.3) is 5.91 Å². The van der Waals surface area contributed by atoms with Gasteiger partial charge < -0.3 is 25.6 Å². The second-order valence-electron chi connectivity index (χ2n) is 11.0. The standard InChI is InChI=1S/C27H33F2N7O4/c1-14-11-34(12-15(2)35(14)9-8-33-25(38)17-10-31-6-7-32-17)23-19(28)21(30)18-22(20(23)29)36(27(3,4)5)13-16(24(18)37)26(39)40/h6-7,10,13-15H,8-9,11-12,30H2,1-5H3,(H,33,38)(H,39,40). The van der Waals surface area contributed by atoms with Crippen LogP contribution in [0.5, 0.6) is 0 Å². The summed E-state index contributed by atoms with van der Waals surface area (Å²) in [6, 6.07) is -0.320. The molecule has 2 unspecified atom stereocenters. The molecule has 0 radical (unpaired) electrons. The number of carboxylic acids is 1. The van der Waals surface area contributed by atoms with Crippen molar-refractivity contribution in [1.82, 2.24) is 24.8 Å². The zero-order chi connectivity index (χ0) is 29.5. The molecule has 0 saturated carbocycles. The monoisotopic (exact) mass is 557 g/mol. The predicted molar refractivity (Wildman–Crippen MR) is 147 cm³/mol. The van der Waals surface area contributed by atoms with Crippen molar-refractivity contribution in [3.63, 3.8) is 0 Å². The molecule has 214 valence electrons. The number of aromatic nitrogens is 3. The van der Waals surface area contributed by atoms with Gasteiger partial charge in [0.15, 0.2) is 11.6 Å². The number of nitrogen functional groups attached to an aromatic ring is 1. The van der Waals surface area contributed by atoms with Crippen molar-refractivity contribution in [2.24, 2.45) is 0 Å². The van der Waals surface area contributed by atoms with Gasteiger partial charge in [0.2, 0.25) is 5.43 Å². The minimum Gasteiger partial charge on any atom is -0.477 e. The molecular formula is C27H33F2N7O4. The van der Waals surface area contributed by atoms with Gasteiger partial charge in [-0.1, -0.05) is 0 Å². The van der Waals surface area contributed by atoms with Crippen LogP contribution in [0.2, 0.25) is 0 Å². The summed E-state index contributed by atoms with van der Waals surface area (Å²) in [5.41, 5.74) is 2.57. The number of nitrogens with two attached hydrogens (primary N) is 1. The van der Waals surface area contributed by atoms with Gasteiger partial charge in [-0.05, 0) is 34.6 Å². The van der Waals surface area contributed by atoms with Crippen LogP contribution < -0.4 is 21.4 Å². The molecule has 1 aliphatic rings. The first-order chi connectivity index (χ1) is 18.7. The van der Waals surface area contributed by atoms with Crippen LogP contribution in [0.25, 0.3) is 10.9 Å². The Kier molecular flexibility index (Phi) is 7.79. The Morgan fingerprint density at radius 1 is 1.15 bits per heavy atom. The van der Waals surface area contributed by atoms with Crippen molar-refractivity contribution in [2.75, 3.05) is 36.8 Å². The fourth-order valence-electron chi connectivity index (χ4n) is 5.27. The Morgan fingerprint density at radius 2 is 1.80 bits per heavy atom. The highest BCUT2D eigenvalue weighted by Gasteiger charge is 2.35. The van der Waals surface area contributed by atoms with Crippen LogP contribution >= 0.6 is 0 Å². The molecule has 4 rings (SSSR count). The summed E-state index contributed by atoms with van der Waals surface area (Å²) in [6.45, 7) is 10.3. The van der Waals surface area contributed by atoms with Gasteiger partial charge in [-0.15, -0.1) is 0 Å². The molecule has 40 heavy (non-hydrogen) atoms. The average Bonchev–Trinajstić information content (AvgIpc) is 2.88. The number of carbonyl (C=O) groups is 2. The number of hydrogen-bond acceptors (Lipinski definition) is 8. The lowest BCUT2D eigenvalue weighted by molar-refractivity contribution is 0.0694. The van der Waals surface area contributed by atoms with E-state index < -0.39 is 45.2 Å². The molecule has 11 nitrogen and oxygen atoms in total. The molecule has 0 spiro atoms. The topological polar surface area (TPSA) is 147 Å². The van der Waals surface area contributed by atoms with E-state index in [1.807, 2.05) is 13.8 Å². The summed E-state index contributed by atoms with van der Waals surface area (Å²) >= 11 is 0. The maximum Gasteiger partial charge on any atom is 0.341 e. The zero-order valence-electron chi connectivity index (χ0n) is 23.0. The van der Waals surface area contributed by atoms with Crippen LogP contribution in [0, 0.1) is 11.6 Å². The molecule has 0 bridgehead atoms. The molecular weight excluding hydrogens is 524 g/mol. The first-order valence-electron chi connectivity index (χ1n) is 12.9. The second kappa shape index (κ2) is 10.8. The van der Waals surface area contributed by atoms with Crippen LogP contribution in [0.15, 0.2) is 29.6 Å². The third-order valence-electron chi connectivity index (χ3n) is 7.16. The zero-order valence-corrected chi connectivity index (χ0v) is 23.0. The Morgan fingerprint density at radius 3 is 2.35 bits per heavy atom. The van der Waals surface area contributed by atoms with Gasteiger partial charge in [0.1, 0.15) is 16.9 Å². The van der Waals surface area contributed by atoms with Crippen LogP contribution in [-0.4, -0.2) is 74.7 Å². The number of aromatic carboxylic acids is 1. The van der Waals surface area contributed by atoms with Crippen molar-refractivity contribution in [3.05, 3.63) is 57.9 Å². The molecule has 13 heteroatoms. The largest absolute Gasteiger partial charge is 0.477 e. The highest BCUT2D eigenvalue weighted by Crippen LogP contribution is 2.38. The number of carbonyl (C=O) groups excluding carboxylic acids is 1. The molecule has 1 fully saturated rings. The summed E-state index contributed by atoms with van der Waals surface area (Å²) in [7, 11) is 0. The van der Waals surface area contributed by atoms with E-state index in [0.29, 0.717) is 13.1 Å². The van der Waals surface area contributed by atoms with E-state index in [4.69, 9.17) is 5.73 Å². The normalized spacial score (nSPS) is 18.2. The number of hydrogen-bond donors (Lipinski definition) is 3. The molecule has 3 heterocycles. The molecule has 2 aromatic heterocycles. The Bertz CT molecular complexity index is 1510. The highest BCUT2D eigenvalue weighted by molar-refractivity contribution is 6.00. The van der Waals surface area contributed by atoms with Gasteiger partial charge in [-0.2, -0.15) is 0 Å². The molecule has 1 saturated heterocycles. The number of fused-ring (bicyclic) bond motifs is 1. The van der Waals surface area contributed by atoms with Crippen molar-refractivity contribution in [2.45, 2.75) is 52.2 Å². The number of rotatable bonds is 6. The molecule has 2 atom stereocenters. The van der Waals surface area contributed by atoms with Crippen LogP contribution in [0.3, 0.4) is 0 Å². The van der Waals surface area contributed by atoms with E-state index >= 15 is 8.78 Å². The number of carboxylic acid groups (broad SMARTS) is 1. The SMILES string of the molecule is CC1CN(c2c(F)c(N)c3c(=O)c(C(=O)O)cn(C(C)(C)C)c3c2F)CC(C)N1CCNC(=O)c1cnccn1. The number of nitrogens with one attached hydrogen (secondary N) is 1. The minimum absolute atomic E-state index is 0.160. The van der Waals surface area contributed by atoms with Gasteiger partial charge >= 0.3 is 5.97 Å². The fraction of sp³-hybridized carbons (Fsp3) is 0.444. The number of anilines is 2. The summed E-state index contributed by atoms with van der Waals surface area (Å²) in [6.07, 6.45) is 5.36. The minimum atomic E-state index is -1.51. The number of piperazine rings is 1. The van der Waals surface area contributed by atoms with Gasteiger partial charge in [-0.3, -0.25) is 19.5 Å². The summed E-state index contributed by atoms with van der Waals surface area (Å²) in [5.74, 6) is -3.94. The van der Waals surface area contributed by atoms with E-state index in [9.17, 15) is 19.5 Å². The number of halogens is 2. The lowest BCUT2D eigenvalue weighted by Crippen LogP contribution is -2.58. The summed E-state index contributed by atoms with van der Waals surface area (Å²) in [4.78, 5) is 48.6. The second-order valence-corrected chi connectivity index (χ2v) is 11.0. The number of benzene rings is 1. The van der Waals surface area contributed by atoms with Crippen molar-refractivity contribution in [3.8, 4) is 0 Å². The Labute approximate surface area is 229 Å². The average molecular weight is 558 g/mol. The van der Waals surface area contributed by atoms with Crippen LogP contribution in [0.4, 0.5) is 20.2 Å². The van der Waals surface area contributed by atoms with Crippen LogP contribution in [0.1, 0.15) is 55.5 Å². The van der Waals surface area contributed by atoms with Gasteiger partial charge in [-0.25, -0.2) is 18.6 Å². The third-order valence-corrected chi connectivity index (χ3v) is 7.16. The van der Waals surface area contributed by atoms with E-state index in [1.165, 1.54) is 23.2 Å². The Hall–Kier alpha value is -4.13. The number of pyridine rings is 1. The van der Waals surface area contributed by atoms with Crippen molar-refractivity contribution < 1.29 is 23.5 Å². The van der Waals surface area contributed by atoms with E-state index in [-0.39, 0.29) is 48.0 Å². The first kappa shape index (κ1) is 28.9. The van der Waals surface area contributed by atoms with Gasteiger partial charge in [0.05, 0.1) is 22.8 Å². The molecule has 1 amide bonds. The van der Waals surface area contributed by atoms with E-state index in [1.54, 1.807) is 25.7 Å². The summed E-state index contributed by atoms with van der Waals surface area (Å²) < 4.78 is 33.4. The summed E-state index contributed by atoms with van der Waals surface area (Å²) in [5, 5.41) is 11.9. The van der Waals surface area contributed by atoms with E-state index in [2.05, 4.69) is 20.2 Å². The molecule has 1 aromatic carbocycles. The third kappa shape index (κ3) is 5.20. The molecule has 0 aliphatic carbocycles. The number of amides is 1. The Balaban J connectivity index is 1.65. The number of nitrogens with zero attached hydrogens (tertiary/aromatic N) is 5. The van der Waals surface area contributed by atoms with Crippen molar-refractivity contribution >= 4 is 34.2 Å². The fourth-order valence-corrected chi connectivity index (χ4v) is 5.27. The molecule has 1 aliphatic heterocycles. The lowest BCUT2D eigenvalue weighted by Gasteiger charge is -2.45.